The summed E-state index contributed by atoms with van der Waals surface area (Å²) < 4.78 is 0. The Bertz CT molecular complexity index is 700. The molecule has 1 aliphatic rings. The average Bonchev–Trinajstić information content (AvgIpc) is 2.63. The smallest absolute Gasteiger partial charge is 0.251 e. The Morgan fingerprint density at radius 3 is 2.33 bits per heavy atom. The Kier molecular flexibility index (Phi) is 5.19. The van der Waals surface area contributed by atoms with Crippen LogP contribution in [0.3, 0.4) is 0 Å². The number of hydrogen-bond donors (Lipinski definition) is 1. The summed E-state index contributed by atoms with van der Waals surface area (Å²) in [5, 5.41) is 3.01. The minimum atomic E-state index is -0.0155. The molecular weight excluding hydrogens is 296 g/mol. The number of carbonyl (C=O) groups excluding carboxylic acids is 1. The second-order valence-electron chi connectivity index (χ2n) is 6.70. The molecule has 1 amide bonds. The van der Waals surface area contributed by atoms with E-state index in [2.05, 4.69) is 41.4 Å². The van der Waals surface area contributed by atoms with Crippen LogP contribution in [0, 0.1) is 13.8 Å². The molecule has 0 aliphatic carbocycles. The lowest BCUT2D eigenvalue weighted by Crippen LogP contribution is -2.29. The molecule has 1 heterocycles. The van der Waals surface area contributed by atoms with Gasteiger partial charge in [-0.2, -0.15) is 0 Å². The molecule has 0 spiro atoms. The normalized spacial score (nSPS) is 14.5. The number of rotatable bonds is 4. The van der Waals surface area contributed by atoms with E-state index >= 15 is 0 Å². The molecule has 1 N–H and O–H groups in total. The fourth-order valence-electron chi connectivity index (χ4n) is 3.14. The van der Waals surface area contributed by atoms with Crippen LogP contribution in [0.1, 0.15) is 46.3 Å². The number of aryl methyl sites for hydroxylation is 2. The Morgan fingerprint density at radius 2 is 1.67 bits per heavy atom. The monoisotopic (exact) mass is 322 g/mol. The van der Waals surface area contributed by atoms with Crippen molar-refractivity contribution in [2.75, 3.05) is 18.0 Å². The standard InChI is InChI=1S/C21H26N2O/c1-16-6-9-19(14-17(16)2)21(24)22-15-18-7-10-20(11-8-18)23-12-4-3-5-13-23/h6-11,14H,3-5,12-13,15H2,1-2H3,(H,22,24). The van der Waals surface area contributed by atoms with Gasteiger partial charge in [-0.15, -0.1) is 0 Å². The Hall–Kier alpha value is -2.29. The first-order valence-electron chi connectivity index (χ1n) is 8.83. The number of anilines is 1. The lowest BCUT2D eigenvalue weighted by molar-refractivity contribution is 0.0951. The molecule has 1 aliphatic heterocycles. The summed E-state index contributed by atoms with van der Waals surface area (Å²) in [6.45, 7) is 6.96. The van der Waals surface area contributed by atoms with Crippen molar-refractivity contribution < 1.29 is 4.79 Å². The van der Waals surface area contributed by atoms with Crippen molar-refractivity contribution in [1.82, 2.24) is 5.32 Å². The molecule has 3 rings (SSSR count). The van der Waals surface area contributed by atoms with Gasteiger partial charge < -0.3 is 10.2 Å². The summed E-state index contributed by atoms with van der Waals surface area (Å²) >= 11 is 0. The highest BCUT2D eigenvalue weighted by molar-refractivity contribution is 5.94. The molecule has 2 aromatic carbocycles. The van der Waals surface area contributed by atoms with E-state index < -0.39 is 0 Å². The Balaban J connectivity index is 1.57. The SMILES string of the molecule is Cc1ccc(C(=O)NCc2ccc(N3CCCCC3)cc2)cc1C. The number of hydrogen-bond acceptors (Lipinski definition) is 2. The zero-order valence-electron chi connectivity index (χ0n) is 14.6. The van der Waals surface area contributed by atoms with Crippen LogP contribution >= 0.6 is 0 Å². The van der Waals surface area contributed by atoms with Crippen LogP contribution < -0.4 is 10.2 Å². The molecule has 3 heteroatoms. The van der Waals surface area contributed by atoms with E-state index in [1.807, 2.05) is 25.1 Å². The van der Waals surface area contributed by atoms with Crippen molar-refractivity contribution in [1.29, 1.82) is 0 Å². The largest absolute Gasteiger partial charge is 0.372 e. The summed E-state index contributed by atoms with van der Waals surface area (Å²) in [6, 6.07) is 14.4. The van der Waals surface area contributed by atoms with Gasteiger partial charge in [0.25, 0.3) is 5.91 Å². The third-order valence-corrected chi connectivity index (χ3v) is 4.88. The zero-order chi connectivity index (χ0) is 16.9. The van der Waals surface area contributed by atoms with Crippen LogP contribution in [0.5, 0.6) is 0 Å². The van der Waals surface area contributed by atoms with Gasteiger partial charge in [0.1, 0.15) is 0 Å². The third kappa shape index (κ3) is 3.97. The molecule has 0 atom stereocenters. The van der Waals surface area contributed by atoms with E-state index in [4.69, 9.17) is 0 Å². The highest BCUT2D eigenvalue weighted by atomic mass is 16.1. The fraction of sp³-hybridized carbons (Fsp3) is 0.381. The van der Waals surface area contributed by atoms with Gasteiger partial charge in [0.15, 0.2) is 0 Å². The summed E-state index contributed by atoms with van der Waals surface area (Å²) in [7, 11) is 0. The Labute approximate surface area is 144 Å². The predicted molar refractivity (Wildman–Crippen MR) is 99.6 cm³/mol. The van der Waals surface area contributed by atoms with Gasteiger partial charge in [-0.25, -0.2) is 0 Å². The molecule has 1 fully saturated rings. The third-order valence-electron chi connectivity index (χ3n) is 4.88. The summed E-state index contributed by atoms with van der Waals surface area (Å²) in [6.07, 6.45) is 3.92. The first kappa shape index (κ1) is 16.6. The van der Waals surface area contributed by atoms with Crippen LogP contribution in [0.15, 0.2) is 42.5 Å². The summed E-state index contributed by atoms with van der Waals surface area (Å²) in [5.41, 5.74) is 5.50. The van der Waals surface area contributed by atoms with Gasteiger partial charge in [-0.05, 0) is 74.1 Å². The fourth-order valence-corrected chi connectivity index (χ4v) is 3.14. The minimum absolute atomic E-state index is 0.0155. The van der Waals surface area contributed by atoms with E-state index in [-0.39, 0.29) is 5.91 Å². The summed E-state index contributed by atoms with van der Waals surface area (Å²) in [5.74, 6) is -0.0155. The molecule has 3 nitrogen and oxygen atoms in total. The van der Waals surface area contributed by atoms with E-state index in [0.29, 0.717) is 6.54 Å². The lowest BCUT2D eigenvalue weighted by Gasteiger charge is -2.28. The molecule has 126 valence electrons. The first-order valence-corrected chi connectivity index (χ1v) is 8.83. The topological polar surface area (TPSA) is 32.3 Å². The van der Waals surface area contributed by atoms with Crippen LogP contribution in [-0.2, 0) is 6.54 Å². The number of piperidine rings is 1. The minimum Gasteiger partial charge on any atom is -0.372 e. The van der Waals surface area contributed by atoms with Gasteiger partial charge in [0.05, 0.1) is 0 Å². The van der Waals surface area contributed by atoms with Crippen molar-refractivity contribution >= 4 is 11.6 Å². The van der Waals surface area contributed by atoms with Crippen molar-refractivity contribution in [3.63, 3.8) is 0 Å². The quantitative estimate of drug-likeness (QED) is 0.914. The van der Waals surface area contributed by atoms with Gasteiger partial charge in [-0.3, -0.25) is 4.79 Å². The van der Waals surface area contributed by atoms with E-state index in [1.165, 1.54) is 30.5 Å². The van der Waals surface area contributed by atoms with Crippen LogP contribution in [0.25, 0.3) is 0 Å². The first-order chi connectivity index (χ1) is 11.6. The molecule has 0 saturated carbocycles. The maximum absolute atomic E-state index is 12.3. The molecular formula is C21H26N2O. The molecule has 24 heavy (non-hydrogen) atoms. The highest BCUT2D eigenvalue weighted by Crippen LogP contribution is 2.20. The van der Waals surface area contributed by atoms with E-state index in [9.17, 15) is 4.79 Å². The van der Waals surface area contributed by atoms with Crippen molar-refractivity contribution in [3.8, 4) is 0 Å². The average molecular weight is 322 g/mol. The number of nitrogens with zero attached hydrogens (tertiary/aromatic N) is 1. The van der Waals surface area contributed by atoms with Gasteiger partial charge in [0.2, 0.25) is 0 Å². The van der Waals surface area contributed by atoms with Gasteiger partial charge >= 0.3 is 0 Å². The lowest BCUT2D eigenvalue weighted by atomic mass is 10.1. The number of benzene rings is 2. The molecule has 2 aromatic rings. The molecule has 0 unspecified atom stereocenters. The number of amides is 1. The van der Waals surface area contributed by atoms with Gasteiger partial charge in [-0.1, -0.05) is 18.2 Å². The summed E-state index contributed by atoms with van der Waals surface area (Å²) in [4.78, 5) is 14.7. The predicted octanol–water partition coefficient (Wildman–Crippen LogP) is 4.22. The Morgan fingerprint density at radius 1 is 0.958 bits per heavy atom. The molecule has 1 saturated heterocycles. The van der Waals surface area contributed by atoms with Crippen molar-refractivity contribution in [3.05, 3.63) is 64.7 Å². The maximum atomic E-state index is 12.3. The van der Waals surface area contributed by atoms with Gasteiger partial charge in [0, 0.05) is 30.9 Å². The highest BCUT2D eigenvalue weighted by Gasteiger charge is 2.11. The number of nitrogens with one attached hydrogen (secondary N) is 1. The second-order valence-corrected chi connectivity index (χ2v) is 6.70. The molecule has 0 aromatic heterocycles. The zero-order valence-corrected chi connectivity index (χ0v) is 14.6. The van der Waals surface area contributed by atoms with Crippen LogP contribution in [-0.4, -0.2) is 19.0 Å². The van der Waals surface area contributed by atoms with Crippen molar-refractivity contribution in [2.45, 2.75) is 39.7 Å². The van der Waals surface area contributed by atoms with Crippen LogP contribution in [0.4, 0.5) is 5.69 Å². The molecule has 0 bridgehead atoms. The number of carbonyl (C=O) groups is 1. The van der Waals surface area contributed by atoms with E-state index in [1.54, 1.807) is 0 Å². The molecule has 0 radical (unpaired) electrons. The van der Waals surface area contributed by atoms with E-state index in [0.717, 1.165) is 29.8 Å². The second kappa shape index (κ2) is 7.52. The van der Waals surface area contributed by atoms with Crippen LogP contribution in [0.2, 0.25) is 0 Å². The van der Waals surface area contributed by atoms with Crippen molar-refractivity contribution in [2.24, 2.45) is 0 Å². The maximum Gasteiger partial charge on any atom is 0.251 e.